The van der Waals surface area contributed by atoms with E-state index in [-0.39, 0.29) is 17.8 Å². The minimum absolute atomic E-state index is 0.0719. The Kier molecular flexibility index (Phi) is 7.53. The van der Waals surface area contributed by atoms with E-state index in [1.807, 2.05) is 12.1 Å². The van der Waals surface area contributed by atoms with Gasteiger partial charge in [-0.2, -0.15) is 0 Å². The summed E-state index contributed by atoms with van der Waals surface area (Å²) in [5, 5.41) is 12.5. The number of ether oxygens (including phenoxy) is 1. The maximum absolute atomic E-state index is 12.3. The van der Waals surface area contributed by atoms with Crippen LogP contribution in [0, 0.1) is 5.92 Å². The lowest BCUT2D eigenvalue weighted by atomic mass is 10.2. The summed E-state index contributed by atoms with van der Waals surface area (Å²) in [6.07, 6.45) is 0.0859. The van der Waals surface area contributed by atoms with Gasteiger partial charge in [-0.05, 0) is 30.2 Å². The molecule has 7 heteroatoms. The zero-order chi connectivity index (χ0) is 19.9. The minimum Gasteiger partial charge on any atom is -0.508 e. The lowest BCUT2D eigenvalue weighted by molar-refractivity contribution is -0.123. The number of hydrogen-bond acceptors (Lipinski definition) is 6. The lowest BCUT2D eigenvalue weighted by Crippen LogP contribution is -2.51. The molecule has 28 heavy (non-hydrogen) atoms. The molecule has 1 atom stereocenters. The Bertz CT molecular complexity index is 615. The van der Waals surface area contributed by atoms with Gasteiger partial charge in [0.1, 0.15) is 5.75 Å². The van der Waals surface area contributed by atoms with Crippen molar-refractivity contribution in [1.82, 2.24) is 15.1 Å². The van der Waals surface area contributed by atoms with Crippen molar-refractivity contribution in [2.75, 3.05) is 70.4 Å². The van der Waals surface area contributed by atoms with Crippen molar-refractivity contribution >= 4 is 11.6 Å². The largest absolute Gasteiger partial charge is 0.508 e. The van der Waals surface area contributed by atoms with Gasteiger partial charge < -0.3 is 20.1 Å². The van der Waals surface area contributed by atoms with Gasteiger partial charge in [-0.25, -0.2) is 0 Å². The van der Waals surface area contributed by atoms with Crippen LogP contribution in [-0.4, -0.2) is 92.4 Å². The third kappa shape index (κ3) is 6.36. The maximum atomic E-state index is 12.3. The van der Waals surface area contributed by atoms with E-state index in [0.29, 0.717) is 19.0 Å². The minimum atomic E-state index is 0.0719. The van der Waals surface area contributed by atoms with Gasteiger partial charge in [0.25, 0.3) is 0 Å². The first-order valence-corrected chi connectivity index (χ1v) is 10.4. The number of carbonyl (C=O) groups is 1. The highest BCUT2D eigenvalue weighted by Crippen LogP contribution is 2.19. The van der Waals surface area contributed by atoms with Gasteiger partial charge in [0.2, 0.25) is 5.91 Å². The summed E-state index contributed by atoms with van der Waals surface area (Å²) in [4.78, 5) is 19.2. The first-order valence-electron chi connectivity index (χ1n) is 10.4. The van der Waals surface area contributed by atoms with Crippen molar-refractivity contribution in [2.45, 2.75) is 20.0 Å². The molecule has 0 bridgehead atoms. The first-order chi connectivity index (χ1) is 13.5. The first kappa shape index (κ1) is 20.9. The molecule has 2 aliphatic rings. The number of nitrogens with one attached hydrogen (secondary N) is 1. The molecule has 1 amide bonds. The van der Waals surface area contributed by atoms with E-state index in [1.54, 1.807) is 12.1 Å². The fraction of sp³-hybridized carbons (Fsp3) is 0.667. The normalized spacial score (nSPS) is 21.8. The van der Waals surface area contributed by atoms with Crippen LogP contribution in [0.1, 0.15) is 13.8 Å². The number of carbonyl (C=O) groups excluding carboxylic acids is 1. The molecule has 1 aromatic rings. The van der Waals surface area contributed by atoms with E-state index < -0.39 is 0 Å². The van der Waals surface area contributed by atoms with Crippen molar-refractivity contribution in [3.8, 4) is 5.75 Å². The molecular formula is C21H34N4O3. The quantitative estimate of drug-likeness (QED) is 0.724. The molecule has 2 aliphatic heterocycles. The Morgan fingerprint density at radius 3 is 2.54 bits per heavy atom. The molecule has 2 fully saturated rings. The van der Waals surface area contributed by atoms with Crippen LogP contribution >= 0.6 is 0 Å². The Morgan fingerprint density at radius 2 is 1.86 bits per heavy atom. The SMILES string of the molecule is CC(C)CN1CCOC(CNC(=O)CN2CCN(c3ccc(O)cc3)CC2)C1. The van der Waals surface area contributed by atoms with E-state index in [1.165, 1.54) is 0 Å². The molecule has 0 aliphatic carbocycles. The Morgan fingerprint density at radius 1 is 1.14 bits per heavy atom. The second-order valence-corrected chi connectivity index (χ2v) is 8.23. The summed E-state index contributed by atoms with van der Waals surface area (Å²) >= 11 is 0. The third-order valence-electron chi connectivity index (χ3n) is 5.33. The highest BCUT2D eigenvalue weighted by Gasteiger charge is 2.23. The van der Waals surface area contributed by atoms with Crippen molar-refractivity contribution in [3.63, 3.8) is 0 Å². The van der Waals surface area contributed by atoms with Crippen LogP contribution in [0.15, 0.2) is 24.3 Å². The predicted molar refractivity (Wildman–Crippen MR) is 111 cm³/mol. The zero-order valence-electron chi connectivity index (χ0n) is 17.1. The number of amides is 1. The molecule has 0 radical (unpaired) electrons. The van der Waals surface area contributed by atoms with Crippen LogP contribution in [0.25, 0.3) is 0 Å². The molecule has 3 rings (SSSR count). The van der Waals surface area contributed by atoms with Gasteiger partial charge in [0.05, 0.1) is 19.3 Å². The molecule has 156 valence electrons. The van der Waals surface area contributed by atoms with Crippen LogP contribution < -0.4 is 10.2 Å². The Balaban J connectivity index is 1.35. The number of phenols is 1. The fourth-order valence-corrected chi connectivity index (χ4v) is 3.90. The molecule has 1 aromatic carbocycles. The van der Waals surface area contributed by atoms with E-state index in [0.717, 1.165) is 58.1 Å². The van der Waals surface area contributed by atoms with Crippen LogP contribution in [0.5, 0.6) is 5.75 Å². The highest BCUT2D eigenvalue weighted by atomic mass is 16.5. The summed E-state index contributed by atoms with van der Waals surface area (Å²) < 4.78 is 5.81. The second-order valence-electron chi connectivity index (χ2n) is 8.23. The number of benzene rings is 1. The smallest absolute Gasteiger partial charge is 0.234 e. The van der Waals surface area contributed by atoms with Crippen LogP contribution in [0.3, 0.4) is 0 Å². The Hall–Kier alpha value is -1.83. The van der Waals surface area contributed by atoms with Crippen LogP contribution in [0.2, 0.25) is 0 Å². The number of aromatic hydroxyl groups is 1. The number of rotatable bonds is 7. The molecule has 0 saturated carbocycles. The molecule has 0 spiro atoms. The van der Waals surface area contributed by atoms with E-state index in [2.05, 4.69) is 33.9 Å². The number of piperazine rings is 1. The van der Waals surface area contributed by atoms with Crippen molar-refractivity contribution < 1.29 is 14.6 Å². The lowest BCUT2D eigenvalue weighted by Gasteiger charge is -2.36. The molecule has 2 N–H and O–H groups in total. The van der Waals surface area contributed by atoms with Gasteiger partial charge in [0, 0.05) is 58.0 Å². The van der Waals surface area contributed by atoms with Crippen LogP contribution in [-0.2, 0) is 9.53 Å². The highest BCUT2D eigenvalue weighted by molar-refractivity contribution is 5.78. The van der Waals surface area contributed by atoms with E-state index in [9.17, 15) is 9.90 Å². The van der Waals surface area contributed by atoms with E-state index >= 15 is 0 Å². The second kappa shape index (κ2) is 10.1. The molecule has 7 nitrogen and oxygen atoms in total. The predicted octanol–water partition coefficient (Wildman–Crippen LogP) is 0.987. The average Bonchev–Trinajstić information content (AvgIpc) is 2.67. The third-order valence-corrected chi connectivity index (χ3v) is 5.33. The fourth-order valence-electron chi connectivity index (χ4n) is 3.90. The van der Waals surface area contributed by atoms with Gasteiger partial charge >= 0.3 is 0 Å². The van der Waals surface area contributed by atoms with Crippen molar-refractivity contribution in [2.24, 2.45) is 5.92 Å². The Labute approximate surface area is 168 Å². The van der Waals surface area contributed by atoms with Crippen molar-refractivity contribution in [1.29, 1.82) is 0 Å². The number of nitrogens with zero attached hydrogens (tertiary/aromatic N) is 3. The summed E-state index contributed by atoms with van der Waals surface area (Å²) in [5.41, 5.74) is 1.11. The summed E-state index contributed by atoms with van der Waals surface area (Å²) in [6, 6.07) is 7.30. The number of morpholine rings is 1. The number of phenolic OH excluding ortho intramolecular Hbond substituents is 1. The maximum Gasteiger partial charge on any atom is 0.234 e. The zero-order valence-corrected chi connectivity index (χ0v) is 17.1. The van der Waals surface area contributed by atoms with Gasteiger partial charge in [-0.15, -0.1) is 0 Å². The summed E-state index contributed by atoms with van der Waals surface area (Å²) in [7, 11) is 0. The topological polar surface area (TPSA) is 68.3 Å². The van der Waals surface area contributed by atoms with Crippen LogP contribution in [0.4, 0.5) is 5.69 Å². The molecular weight excluding hydrogens is 356 g/mol. The number of anilines is 1. The van der Waals surface area contributed by atoms with Gasteiger partial charge in [-0.3, -0.25) is 14.6 Å². The van der Waals surface area contributed by atoms with Gasteiger partial charge in [0.15, 0.2) is 0 Å². The molecule has 1 unspecified atom stereocenters. The van der Waals surface area contributed by atoms with Gasteiger partial charge in [-0.1, -0.05) is 13.8 Å². The summed E-state index contributed by atoms with van der Waals surface area (Å²) in [6.45, 7) is 12.7. The standard InChI is InChI=1S/C21H34N4O3/c1-17(2)14-24-11-12-28-20(15-24)13-22-21(27)16-23-7-9-25(10-8-23)18-3-5-19(26)6-4-18/h3-6,17,20,26H,7-16H2,1-2H3,(H,22,27). The average molecular weight is 391 g/mol. The molecule has 2 saturated heterocycles. The molecule has 2 heterocycles. The van der Waals surface area contributed by atoms with Crippen molar-refractivity contribution in [3.05, 3.63) is 24.3 Å². The molecule has 0 aromatic heterocycles. The van der Waals surface area contributed by atoms with E-state index in [4.69, 9.17) is 4.74 Å². The monoisotopic (exact) mass is 390 g/mol. The summed E-state index contributed by atoms with van der Waals surface area (Å²) in [5.74, 6) is 1.00. The number of hydrogen-bond donors (Lipinski definition) is 2.